The average molecular weight is 321 g/mol. The van der Waals surface area contributed by atoms with Gasteiger partial charge in [0.1, 0.15) is 11.5 Å². The molecule has 1 aliphatic rings. The molecule has 1 heterocycles. The highest BCUT2D eigenvalue weighted by molar-refractivity contribution is 6.02. The molecule has 2 aromatic rings. The number of nitrogens with one attached hydrogen (secondary N) is 1. The molecule has 24 heavy (non-hydrogen) atoms. The second-order valence-corrected chi connectivity index (χ2v) is 5.79. The fraction of sp³-hybridized carbons (Fsp3) is 0.263. The van der Waals surface area contributed by atoms with Gasteiger partial charge in [-0.3, -0.25) is 4.90 Å². The van der Waals surface area contributed by atoms with Gasteiger partial charge < -0.3 is 14.9 Å². The number of methoxy groups -OCH3 is 2. The Morgan fingerprint density at radius 2 is 1.96 bits per heavy atom. The fourth-order valence-electron chi connectivity index (χ4n) is 3.03. The quantitative estimate of drug-likeness (QED) is 0.940. The lowest BCUT2D eigenvalue weighted by atomic mass is 9.95. The molecule has 0 saturated carbocycles. The Morgan fingerprint density at radius 3 is 2.67 bits per heavy atom. The molecule has 0 unspecified atom stereocenters. The van der Waals surface area contributed by atoms with E-state index < -0.39 is 0 Å². The Labute approximate surface area is 141 Å². The van der Waals surface area contributed by atoms with Crippen LogP contribution in [0.5, 0.6) is 11.5 Å². The van der Waals surface area contributed by atoms with Gasteiger partial charge in [0.15, 0.2) is 0 Å². The third-order valence-electron chi connectivity index (χ3n) is 4.22. The van der Waals surface area contributed by atoms with Gasteiger partial charge in [0.25, 0.3) is 0 Å². The van der Waals surface area contributed by atoms with Gasteiger partial charge in [0, 0.05) is 30.8 Å². The van der Waals surface area contributed by atoms with Crippen LogP contribution in [0.2, 0.25) is 0 Å². The van der Waals surface area contributed by atoms with Crippen molar-refractivity contribution in [2.24, 2.45) is 0 Å². The molecule has 0 spiro atoms. The molecule has 2 aromatic carbocycles. The van der Waals surface area contributed by atoms with E-state index in [1.165, 1.54) is 0 Å². The van der Waals surface area contributed by atoms with E-state index in [0.29, 0.717) is 24.4 Å². The van der Waals surface area contributed by atoms with Crippen molar-refractivity contribution in [3.8, 4) is 17.6 Å². The summed E-state index contributed by atoms with van der Waals surface area (Å²) in [5.74, 6) is 1.60. The van der Waals surface area contributed by atoms with Gasteiger partial charge in [-0.15, -0.1) is 0 Å². The summed E-state index contributed by atoms with van der Waals surface area (Å²) in [7, 11) is 3.30. The molecular weight excluding hydrogens is 302 g/mol. The van der Waals surface area contributed by atoms with Crippen LogP contribution in [-0.4, -0.2) is 31.4 Å². The summed E-state index contributed by atoms with van der Waals surface area (Å²) in [6, 6.07) is 13.4. The van der Waals surface area contributed by atoms with Gasteiger partial charge in [0.05, 0.1) is 31.6 Å². The third-order valence-corrected chi connectivity index (χ3v) is 4.22. The highest BCUT2D eigenvalue weighted by atomic mass is 16.5. The summed E-state index contributed by atoms with van der Waals surface area (Å²) in [5.41, 5.74) is 4.12. The molecule has 122 valence electrons. The molecular formula is C19H19N3O2. The van der Waals surface area contributed by atoms with Gasteiger partial charge in [-0.1, -0.05) is 6.07 Å². The Bertz CT molecular complexity index is 824. The number of ether oxygens (including phenoxy) is 2. The van der Waals surface area contributed by atoms with Crippen LogP contribution in [0.3, 0.4) is 0 Å². The lowest BCUT2D eigenvalue weighted by Gasteiger charge is -2.30. The van der Waals surface area contributed by atoms with Crippen LogP contribution in [0, 0.1) is 16.7 Å². The number of nitriles is 1. The maximum absolute atomic E-state index is 9.02. The van der Waals surface area contributed by atoms with Crippen LogP contribution in [-0.2, 0) is 13.1 Å². The number of rotatable bonds is 4. The van der Waals surface area contributed by atoms with E-state index in [1.54, 1.807) is 20.3 Å². The van der Waals surface area contributed by atoms with Gasteiger partial charge in [-0.25, -0.2) is 0 Å². The number of benzene rings is 2. The largest absolute Gasteiger partial charge is 0.497 e. The predicted molar refractivity (Wildman–Crippen MR) is 91.6 cm³/mol. The number of hydrogen-bond acceptors (Lipinski definition) is 5. The van der Waals surface area contributed by atoms with Crippen LogP contribution >= 0.6 is 0 Å². The highest BCUT2D eigenvalue weighted by Crippen LogP contribution is 2.28. The molecule has 1 aliphatic heterocycles. The molecule has 5 heteroatoms. The molecule has 0 bridgehead atoms. The van der Waals surface area contributed by atoms with E-state index in [1.807, 2.05) is 30.3 Å². The molecule has 0 fully saturated rings. The monoisotopic (exact) mass is 321 g/mol. The zero-order chi connectivity index (χ0) is 17.1. The second-order valence-electron chi connectivity index (χ2n) is 5.79. The third kappa shape index (κ3) is 3.10. The molecule has 0 aliphatic carbocycles. The van der Waals surface area contributed by atoms with E-state index in [0.717, 1.165) is 34.7 Å². The Hall–Kier alpha value is -2.84. The Morgan fingerprint density at radius 1 is 1.12 bits per heavy atom. The molecule has 0 aromatic heterocycles. The van der Waals surface area contributed by atoms with Crippen molar-refractivity contribution in [3.05, 3.63) is 58.7 Å². The van der Waals surface area contributed by atoms with E-state index in [2.05, 4.69) is 11.0 Å². The first-order valence-electron chi connectivity index (χ1n) is 7.68. The molecule has 3 rings (SSSR count). The molecule has 0 saturated heterocycles. The SMILES string of the molecule is COc1ccc(OC)c(CN2CC(=N)c3cc(C#N)ccc3C2)c1. The summed E-state index contributed by atoms with van der Waals surface area (Å²) in [4.78, 5) is 2.19. The second kappa shape index (κ2) is 6.73. The number of fused-ring (bicyclic) bond motifs is 1. The summed E-state index contributed by atoms with van der Waals surface area (Å²) < 4.78 is 10.7. The van der Waals surface area contributed by atoms with Crippen molar-refractivity contribution >= 4 is 5.71 Å². The van der Waals surface area contributed by atoms with Crippen molar-refractivity contribution < 1.29 is 9.47 Å². The zero-order valence-electron chi connectivity index (χ0n) is 13.8. The molecule has 1 N–H and O–H groups in total. The topological polar surface area (TPSA) is 69.3 Å². The van der Waals surface area contributed by atoms with E-state index in [4.69, 9.17) is 20.1 Å². The lowest BCUT2D eigenvalue weighted by molar-refractivity contribution is 0.281. The number of nitrogens with zero attached hydrogens (tertiary/aromatic N) is 2. The smallest absolute Gasteiger partial charge is 0.123 e. The van der Waals surface area contributed by atoms with Crippen molar-refractivity contribution in [1.29, 1.82) is 10.7 Å². The van der Waals surface area contributed by atoms with Gasteiger partial charge >= 0.3 is 0 Å². The van der Waals surface area contributed by atoms with Crippen molar-refractivity contribution in [3.63, 3.8) is 0 Å². The van der Waals surface area contributed by atoms with Gasteiger partial charge in [0.2, 0.25) is 0 Å². The molecule has 5 nitrogen and oxygen atoms in total. The fourth-order valence-corrected chi connectivity index (χ4v) is 3.03. The lowest BCUT2D eigenvalue weighted by Crippen LogP contribution is -2.34. The summed E-state index contributed by atoms with van der Waals surface area (Å²) in [6.07, 6.45) is 0. The van der Waals surface area contributed by atoms with Crippen molar-refractivity contribution in [1.82, 2.24) is 4.90 Å². The minimum atomic E-state index is 0.537. The first kappa shape index (κ1) is 16.0. The zero-order valence-corrected chi connectivity index (χ0v) is 13.8. The first-order chi connectivity index (χ1) is 11.6. The predicted octanol–water partition coefficient (Wildman–Crippen LogP) is 2.96. The maximum atomic E-state index is 9.02. The summed E-state index contributed by atoms with van der Waals surface area (Å²) in [6.45, 7) is 1.95. The number of hydrogen-bond donors (Lipinski definition) is 1. The molecule has 0 radical (unpaired) electrons. The van der Waals surface area contributed by atoms with Crippen LogP contribution in [0.15, 0.2) is 36.4 Å². The average Bonchev–Trinajstić information content (AvgIpc) is 2.61. The van der Waals surface area contributed by atoms with Crippen LogP contribution in [0.4, 0.5) is 0 Å². The summed E-state index contributed by atoms with van der Waals surface area (Å²) in [5, 5.41) is 17.3. The Kier molecular flexibility index (Phi) is 4.50. The van der Waals surface area contributed by atoms with Crippen LogP contribution in [0.25, 0.3) is 0 Å². The van der Waals surface area contributed by atoms with E-state index >= 15 is 0 Å². The van der Waals surface area contributed by atoms with Crippen LogP contribution in [0.1, 0.15) is 22.3 Å². The summed E-state index contributed by atoms with van der Waals surface area (Å²) >= 11 is 0. The minimum Gasteiger partial charge on any atom is -0.497 e. The van der Waals surface area contributed by atoms with E-state index in [-0.39, 0.29) is 0 Å². The van der Waals surface area contributed by atoms with Crippen LogP contribution < -0.4 is 9.47 Å². The van der Waals surface area contributed by atoms with Gasteiger partial charge in [-0.2, -0.15) is 5.26 Å². The highest BCUT2D eigenvalue weighted by Gasteiger charge is 2.22. The normalized spacial score (nSPS) is 14.0. The van der Waals surface area contributed by atoms with Gasteiger partial charge in [-0.05, 0) is 35.9 Å². The minimum absolute atomic E-state index is 0.537. The van der Waals surface area contributed by atoms with E-state index in [9.17, 15) is 0 Å². The standard InChI is InChI=1S/C19H19N3O2/c1-23-16-5-6-19(24-2)15(8-16)11-22-10-14-4-3-13(9-20)7-17(14)18(21)12-22/h3-8,21H,10-12H2,1-2H3. The molecule has 0 amide bonds. The van der Waals surface area contributed by atoms with Crippen molar-refractivity contribution in [2.75, 3.05) is 20.8 Å². The molecule has 0 atom stereocenters. The maximum Gasteiger partial charge on any atom is 0.123 e. The first-order valence-corrected chi connectivity index (χ1v) is 7.68. The van der Waals surface area contributed by atoms with Crippen molar-refractivity contribution in [2.45, 2.75) is 13.1 Å². The Balaban J connectivity index is 1.85.